The molecule has 0 spiro atoms. The van der Waals surface area contributed by atoms with Crippen molar-refractivity contribution in [2.45, 2.75) is 32.6 Å². The van der Waals surface area contributed by atoms with Gasteiger partial charge in [-0.15, -0.1) is 10.2 Å². The lowest BCUT2D eigenvalue weighted by Gasteiger charge is -2.20. The van der Waals surface area contributed by atoms with Crippen LogP contribution in [-0.4, -0.2) is 29.3 Å². The minimum atomic E-state index is 0.0486. The van der Waals surface area contributed by atoms with Crippen LogP contribution in [0.3, 0.4) is 0 Å². The van der Waals surface area contributed by atoms with Crippen LogP contribution in [0.5, 0.6) is 0 Å². The zero-order valence-corrected chi connectivity index (χ0v) is 10.8. The molecular weight excluding hydrogens is 238 g/mol. The van der Waals surface area contributed by atoms with Crippen molar-refractivity contribution in [2.24, 2.45) is 5.92 Å². The smallest absolute Gasteiger partial charge is 0.229 e. The molecule has 94 valence electrons. The van der Waals surface area contributed by atoms with Crippen LogP contribution in [0.25, 0.3) is 0 Å². The molecule has 17 heavy (non-hydrogen) atoms. The summed E-state index contributed by atoms with van der Waals surface area (Å²) < 4.78 is 5.23. The van der Waals surface area contributed by atoms with Crippen molar-refractivity contribution < 1.29 is 9.53 Å². The number of carbonyl (C=O) groups is 1. The highest BCUT2D eigenvalue weighted by Gasteiger charge is 2.22. The fourth-order valence-electron chi connectivity index (χ4n) is 1.79. The standard InChI is InChI=1S/C11H17N3O2S/c1-2-3-9-13-14-11(17-9)12-10(15)8-4-6-16-7-5-8/h8H,2-7H2,1H3,(H,12,14,15). The number of hydrogen-bond donors (Lipinski definition) is 1. The third kappa shape index (κ3) is 3.47. The second-order valence-electron chi connectivity index (χ2n) is 4.13. The van der Waals surface area contributed by atoms with Crippen LogP contribution in [0.15, 0.2) is 0 Å². The van der Waals surface area contributed by atoms with Crippen molar-refractivity contribution in [2.75, 3.05) is 18.5 Å². The molecule has 1 aromatic rings. The minimum Gasteiger partial charge on any atom is -0.381 e. The minimum absolute atomic E-state index is 0.0486. The zero-order chi connectivity index (χ0) is 12.1. The van der Waals surface area contributed by atoms with Crippen LogP contribution in [0, 0.1) is 5.92 Å². The number of ether oxygens (including phenoxy) is 1. The first-order valence-electron chi connectivity index (χ1n) is 6.00. The fourth-order valence-corrected chi connectivity index (χ4v) is 2.63. The Balaban J connectivity index is 1.88. The molecule has 1 fully saturated rings. The first kappa shape index (κ1) is 12.4. The van der Waals surface area contributed by atoms with E-state index in [2.05, 4.69) is 22.4 Å². The van der Waals surface area contributed by atoms with Crippen LogP contribution >= 0.6 is 11.3 Å². The van der Waals surface area contributed by atoms with Crippen molar-refractivity contribution in [3.8, 4) is 0 Å². The van der Waals surface area contributed by atoms with E-state index < -0.39 is 0 Å². The Hall–Kier alpha value is -1.01. The molecule has 1 amide bonds. The summed E-state index contributed by atoms with van der Waals surface area (Å²) in [6.45, 7) is 3.45. The second kappa shape index (κ2) is 6.07. The van der Waals surface area contributed by atoms with Crippen molar-refractivity contribution in [1.82, 2.24) is 10.2 Å². The molecule has 1 aliphatic heterocycles. The molecule has 2 heterocycles. The summed E-state index contributed by atoms with van der Waals surface area (Å²) in [6, 6.07) is 0. The summed E-state index contributed by atoms with van der Waals surface area (Å²) in [6.07, 6.45) is 3.56. The van der Waals surface area contributed by atoms with Crippen molar-refractivity contribution in [1.29, 1.82) is 0 Å². The molecule has 0 bridgehead atoms. The first-order valence-corrected chi connectivity index (χ1v) is 6.82. The lowest BCUT2D eigenvalue weighted by molar-refractivity contribution is -0.122. The Labute approximate surface area is 105 Å². The van der Waals surface area contributed by atoms with Gasteiger partial charge in [-0.05, 0) is 19.3 Å². The maximum Gasteiger partial charge on any atom is 0.229 e. The van der Waals surface area contributed by atoms with Gasteiger partial charge in [0.1, 0.15) is 5.01 Å². The third-order valence-corrected chi connectivity index (χ3v) is 3.65. The van der Waals surface area contributed by atoms with Crippen molar-refractivity contribution in [3.05, 3.63) is 5.01 Å². The lowest BCUT2D eigenvalue weighted by Crippen LogP contribution is -2.28. The molecule has 1 aromatic heterocycles. The van der Waals surface area contributed by atoms with Gasteiger partial charge in [-0.25, -0.2) is 0 Å². The molecule has 1 aliphatic rings. The Morgan fingerprint density at radius 1 is 1.47 bits per heavy atom. The second-order valence-corrected chi connectivity index (χ2v) is 5.19. The monoisotopic (exact) mass is 255 g/mol. The van der Waals surface area contributed by atoms with E-state index in [4.69, 9.17) is 4.74 Å². The molecule has 0 unspecified atom stereocenters. The van der Waals surface area contributed by atoms with Gasteiger partial charge in [0.25, 0.3) is 0 Å². The fraction of sp³-hybridized carbons (Fsp3) is 0.727. The summed E-state index contributed by atoms with van der Waals surface area (Å²) in [5.74, 6) is 0.106. The summed E-state index contributed by atoms with van der Waals surface area (Å²) in [4.78, 5) is 11.9. The number of hydrogen-bond acceptors (Lipinski definition) is 5. The quantitative estimate of drug-likeness (QED) is 0.892. The topological polar surface area (TPSA) is 64.1 Å². The molecule has 0 aromatic carbocycles. The molecule has 0 atom stereocenters. The number of rotatable bonds is 4. The van der Waals surface area contributed by atoms with Gasteiger partial charge in [0.05, 0.1) is 0 Å². The predicted molar refractivity (Wildman–Crippen MR) is 66.1 cm³/mol. The van der Waals surface area contributed by atoms with Crippen LogP contribution in [-0.2, 0) is 16.0 Å². The van der Waals surface area contributed by atoms with E-state index in [9.17, 15) is 4.79 Å². The van der Waals surface area contributed by atoms with Gasteiger partial charge >= 0.3 is 0 Å². The summed E-state index contributed by atoms with van der Waals surface area (Å²) in [5, 5.41) is 12.4. The molecule has 5 nitrogen and oxygen atoms in total. The highest BCUT2D eigenvalue weighted by Crippen LogP contribution is 2.20. The van der Waals surface area contributed by atoms with E-state index in [1.54, 1.807) is 0 Å². The Morgan fingerprint density at radius 2 is 2.24 bits per heavy atom. The number of carbonyl (C=O) groups excluding carboxylic acids is 1. The number of aryl methyl sites for hydroxylation is 1. The maximum absolute atomic E-state index is 11.9. The van der Waals surface area contributed by atoms with E-state index in [0.29, 0.717) is 18.3 Å². The number of aromatic nitrogens is 2. The number of anilines is 1. The van der Waals surface area contributed by atoms with Gasteiger partial charge < -0.3 is 10.1 Å². The van der Waals surface area contributed by atoms with Gasteiger partial charge in [0, 0.05) is 25.6 Å². The van der Waals surface area contributed by atoms with Crippen LogP contribution in [0.1, 0.15) is 31.2 Å². The molecule has 1 saturated heterocycles. The molecular formula is C11H17N3O2S. The largest absolute Gasteiger partial charge is 0.381 e. The van der Waals surface area contributed by atoms with Crippen molar-refractivity contribution in [3.63, 3.8) is 0 Å². The van der Waals surface area contributed by atoms with Gasteiger partial charge in [-0.3, -0.25) is 4.79 Å². The van der Waals surface area contributed by atoms with E-state index in [-0.39, 0.29) is 11.8 Å². The molecule has 6 heteroatoms. The van der Waals surface area contributed by atoms with E-state index >= 15 is 0 Å². The van der Waals surface area contributed by atoms with Crippen LogP contribution in [0.4, 0.5) is 5.13 Å². The van der Waals surface area contributed by atoms with E-state index in [1.807, 2.05) is 0 Å². The summed E-state index contributed by atoms with van der Waals surface area (Å²) in [7, 11) is 0. The van der Waals surface area contributed by atoms with Crippen molar-refractivity contribution >= 4 is 22.4 Å². The highest BCUT2D eigenvalue weighted by atomic mass is 32.1. The SMILES string of the molecule is CCCc1nnc(NC(=O)C2CCOCC2)s1. The number of amides is 1. The Kier molecular flexibility index (Phi) is 4.44. The van der Waals surface area contributed by atoms with E-state index in [1.165, 1.54) is 11.3 Å². The molecule has 0 aliphatic carbocycles. The average molecular weight is 255 g/mol. The number of nitrogens with zero attached hydrogens (tertiary/aromatic N) is 2. The number of nitrogens with one attached hydrogen (secondary N) is 1. The molecule has 0 saturated carbocycles. The normalized spacial score (nSPS) is 17.0. The third-order valence-electron chi connectivity index (χ3n) is 2.75. The Morgan fingerprint density at radius 3 is 2.94 bits per heavy atom. The Bertz CT molecular complexity index is 375. The maximum atomic E-state index is 11.9. The highest BCUT2D eigenvalue weighted by molar-refractivity contribution is 7.15. The van der Waals surface area contributed by atoms with Gasteiger partial charge in [-0.1, -0.05) is 18.3 Å². The molecule has 1 N–H and O–H groups in total. The molecule has 2 rings (SSSR count). The van der Waals surface area contributed by atoms with E-state index in [0.717, 1.165) is 30.7 Å². The summed E-state index contributed by atoms with van der Waals surface area (Å²) in [5.41, 5.74) is 0. The zero-order valence-electron chi connectivity index (χ0n) is 9.94. The lowest BCUT2D eigenvalue weighted by atomic mass is 10.00. The average Bonchev–Trinajstić information content (AvgIpc) is 2.78. The predicted octanol–water partition coefficient (Wildman–Crippen LogP) is 1.86. The van der Waals surface area contributed by atoms with Gasteiger partial charge in [0.2, 0.25) is 11.0 Å². The molecule has 0 radical (unpaired) electrons. The van der Waals surface area contributed by atoms with Crippen LogP contribution < -0.4 is 5.32 Å². The first-order chi connectivity index (χ1) is 8.29. The van der Waals surface area contributed by atoms with Gasteiger partial charge in [0.15, 0.2) is 0 Å². The van der Waals surface area contributed by atoms with Crippen LogP contribution in [0.2, 0.25) is 0 Å². The van der Waals surface area contributed by atoms with Gasteiger partial charge in [-0.2, -0.15) is 0 Å². The summed E-state index contributed by atoms with van der Waals surface area (Å²) >= 11 is 1.46.